The number of amides is 1. The molecule has 0 saturated heterocycles. The van der Waals surface area contributed by atoms with Crippen LogP contribution in [0.1, 0.15) is 5.56 Å². The molecule has 160 valence electrons. The van der Waals surface area contributed by atoms with E-state index in [1.165, 1.54) is 11.8 Å². The van der Waals surface area contributed by atoms with Crippen molar-refractivity contribution in [1.82, 2.24) is 25.2 Å². The van der Waals surface area contributed by atoms with E-state index < -0.39 is 0 Å². The Kier molecular flexibility index (Phi) is 7.46. The monoisotopic (exact) mass is 570 g/mol. The lowest BCUT2D eigenvalue weighted by Gasteiger charge is -2.10. The predicted molar refractivity (Wildman–Crippen MR) is 133 cm³/mol. The van der Waals surface area contributed by atoms with Crippen LogP contribution in [0, 0.1) is 0 Å². The second-order valence-electron chi connectivity index (χ2n) is 6.49. The smallest absolute Gasteiger partial charge is 0.250 e. The van der Waals surface area contributed by atoms with Crippen molar-refractivity contribution < 1.29 is 4.79 Å². The summed E-state index contributed by atoms with van der Waals surface area (Å²) in [4.78, 5) is 16.4. The van der Waals surface area contributed by atoms with E-state index in [9.17, 15) is 4.79 Å². The van der Waals surface area contributed by atoms with Crippen LogP contribution in [0.2, 0.25) is 0 Å². The first-order valence-electron chi connectivity index (χ1n) is 9.42. The molecule has 0 bridgehead atoms. The number of benzene rings is 2. The van der Waals surface area contributed by atoms with Crippen LogP contribution in [0.5, 0.6) is 0 Å². The number of hydrogen-bond donors (Lipinski definition) is 1. The van der Waals surface area contributed by atoms with Crippen molar-refractivity contribution in [3.8, 4) is 17.1 Å². The van der Waals surface area contributed by atoms with Crippen LogP contribution in [0.4, 0.5) is 0 Å². The van der Waals surface area contributed by atoms with Crippen LogP contribution >= 0.6 is 43.6 Å². The summed E-state index contributed by atoms with van der Waals surface area (Å²) in [5.41, 5.74) is 5.20. The molecule has 4 aromatic rings. The molecule has 0 aliphatic heterocycles. The normalized spacial score (nSPS) is 11.1. The van der Waals surface area contributed by atoms with Crippen LogP contribution in [-0.4, -0.2) is 37.6 Å². The maximum absolute atomic E-state index is 12.3. The Bertz CT molecular complexity index is 1250. The number of pyridine rings is 1. The van der Waals surface area contributed by atoms with Gasteiger partial charge in [-0.25, -0.2) is 5.43 Å². The fourth-order valence-corrected chi connectivity index (χ4v) is 4.23. The van der Waals surface area contributed by atoms with Gasteiger partial charge < -0.3 is 0 Å². The van der Waals surface area contributed by atoms with Crippen molar-refractivity contribution in [3.63, 3.8) is 0 Å². The summed E-state index contributed by atoms with van der Waals surface area (Å²) in [6.07, 6.45) is 5.01. The first kappa shape index (κ1) is 22.4. The Morgan fingerprint density at radius 3 is 2.56 bits per heavy atom. The molecule has 0 unspecified atom stereocenters. The molecule has 0 saturated carbocycles. The van der Waals surface area contributed by atoms with Crippen LogP contribution in [0.3, 0.4) is 0 Å². The SMILES string of the molecule is O=C(CSc1nnc(-c2ccncc2)n1-c1ccc(Br)cc1)NN=Cc1cccc(Br)c1. The molecular weight excluding hydrogens is 556 g/mol. The van der Waals surface area contributed by atoms with E-state index in [1.54, 1.807) is 18.6 Å². The maximum atomic E-state index is 12.3. The van der Waals surface area contributed by atoms with Crippen molar-refractivity contribution in [3.05, 3.63) is 87.6 Å². The molecular formula is C22H16Br2N6OS. The Labute approximate surface area is 205 Å². The summed E-state index contributed by atoms with van der Waals surface area (Å²) in [6.45, 7) is 0. The van der Waals surface area contributed by atoms with Crippen molar-refractivity contribution in [1.29, 1.82) is 0 Å². The number of aromatic nitrogens is 4. The van der Waals surface area contributed by atoms with Crippen LogP contribution < -0.4 is 5.43 Å². The molecule has 0 aliphatic rings. The first-order valence-corrected chi connectivity index (χ1v) is 12.0. The van der Waals surface area contributed by atoms with Gasteiger partial charge in [-0.1, -0.05) is 55.8 Å². The van der Waals surface area contributed by atoms with Gasteiger partial charge in [-0.2, -0.15) is 5.10 Å². The summed E-state index contributed by atoms with van der Waals surface area (Å²) in [5.74, 6) is 0.572. The van der Waals surface area contributed by atoms with Crippen LogP contribution in [-0.2, 0) is 4.79 Å². The van der Waals surface area contributed by atoms with Gasteiger partial charge in [0.15, 0.2) is 11.0 Å². The standard InChI is InChI=1S/C22H16Br2N6OS/c23-17-4-6-19(7-5-17)30-21(16-8-10-25-11-9-16)28-29-22(30)32-14-20(31)27-26-13-15-2-1-3-18(24)12-15/h1-13H,14H2,(H,27,31). The van der Waals surface area contributed by atoms with E-state index in [2.05, 4.69) is 57.6 Å². The number of thioether (sulfide) groups is 1. The molecule has 0 radical (unpaired) electrons. The topological polar surface area (TPSA) is 85.1 Å². The van der Waals surface area contributed by atoms with Crippen LogP contribution in [0.15, 0.2) is 92.3 Å². The lowest BCUT2D eigenvalue weighted by Crippen LogP contribution is -2.20. The molecule has 2 aromatic carbocycles. The zero-order chi connectivity index (χ0) is 22.3. The van der Waals surface area contributed by atoms with Gasteiger partial charge in [0.1, 0.15) is 0 Å². The molecule has 10 heteroatoms. The number of carbonyl (C=O) groups is 1. The quantitative estimate of drug-likeness (QED) is 0.189. The van der Waals surface area contributed by atoms with Crippen LogP contribution in [0.25, 0.3) is 17.1 Å². The Balaban J connectivity index is 1.50. The van der Waals surface area contributed by atoms with Gasteiger partial charge in [-0.05, 0) is 54.1 Å². The van der Waals surface area contributed by atoms with Crippen molar-refractivity contribution >= 4 is 55.7 Å². The van der Waals surface area contributed by atoms with Gasteiger partial charge in [-0.3, -0.25) is 14.3 Å². The summed E-state index contributed by atoms with van der Waals surface area (Å²) < 4.78 is 3.84. The fraction of sp³-hybridized carbons (Fsp3) is 0.0455. The fourth-order valence-electron chi connectivity index (χ4n) is 2.80. The predicted octanol–water partition coefficient (Wildman–Crippen LogP) is 5.10. The highest BCUT2D eigenvalue weighted by Crippen LogP contribution is 2.28. The van der Waals surface area contributed by atoms with Gasteiger partial charge in [0, 0.05) is 32.6 Å². The average Bonchev–Trinajstić information content (AvgIpc) is 3.23. The summed E-state index contributed by atoms with van der Waals surface area (Å²) >= 11 is 8.16. The second kappa shape index (κ2) is 10.7. The van der Waals surface area contributed by atoms with E-state index in [0.717, 1.165) is 25.8 Å². The molecule has 2 aromatic heterocycles. The maximum Gasteiger partial charge on any atom is 0.250 e. The lowest BCUT2D eigenvalue weighted by molar-refractivity contribution is -0.118. The van der Waals surface area contributed by atoms with Crippen molar-refractivity contribution in [2.45, 2.75) is 5.16 Å². The highest BCUT2D eigenvalue weighted by atomic mass is 79.9. The van der Waals surface area contributed by atoms with Gasteiger partial charge in [0.2, 0.25) is 0 Å². The van der Waals surface area contributed by atoms with Gasteiger partial charge in [0.25, 0.3) is 5.91 Å². The zero-order valence-corrected chi connectivity index (χ0v) is 20.5. The molecule has 7 nitrogen and oxygen atoms in total. The van der Waals surface area contributed by atoms with Gasteiger partial charge >= 0.3 is 0 Å². The number of halogens is 2. The summed E-state index contributed by atoms with van der Waals surface area (Å²) in [7, 11) is 0. The number of nitrogens with one attached hydrogen (secondary N) is 1. The largest absolute Gasteiger partial charge is 0.272 e. The van der Waals surface area contributed by atoms with Gasteiger partial charge in [0.05, 0.1) is 12.0 Å². The molecule has 0 fully saturated rings. The van der Waals surface area contributed by atoms with E-state index in [4.69, 9.17) is 0 Å². The molecule has 32 heavy (non-hydrogen) atoms. The summed E-state index contributed by atoms with van der Waals surface area (Å²) in [6, 6.07) is 19.2. The highest BCUT2D eigenvalue weighted by molar-refractivity contribution is 9.10. The first-order chi connectivity index (χ1) is 15.6. The number of rotatable bonds is 7. The molecule has 0 atom stereocenters. The van der Waals surface area contributed by atoms with E-state index in [0.29, 0.717) is 11.0 Å². The van der Waals surface area contributed by atoms with E-state index in [1.807, 2.05) is 65.2 Å². The number of carbonyl (C=O) groups excluding carboxylic acids is 1. The Morgan fingerprint density at radius 2 is 1.81 bits per heavy atom. The minimum Gasteiger partial charge on any atom is -0.272 e. The number of hydrogen-bond acceptors (Lipinski definition) is 6. The van der Waals surface area contributed by atoms with Gasteiger partial charge in [-0.15, -0.1) is 10.2 Å². The lowest BCUT2D eigenvalue weighted by atomic mass is 10.2. The highest BCUT2D eigenvalue weighted by Gasteiger charge is 2.17. The Morgan fingerprint density at radius 1 is 1.03 bits per heavy atom. The molecule has 1 N–H and O–H groups in total. The van der Waals surface area contributed by atoms with E-state index >= 15 is 0 Å². The second-order valence-corrected chi connectivity index (χ2v) is 9.26. The molecule has 4 rings (SSSR count). The Hall–Kier alpha value is -2.82. The molecule has 0 spiro atoms. The van der Waals surface area contributed by atoms with Crippen molar-refractivity contribution in [2.24, 2.45) is 5.10 Å². The molecule has 0 aliphatic carbocycles. The average molecular weight is 572 g/mol. The number of nitrogens with zero attached hydrogens (tertiary/aromatic N) is 5. The zero-order valence-electron chi connectivity index (χ0n) is 16.5. The molecule has 2 heterocycles. The third-order valence-electron chi connectivity index (χ3n) is 4.24. The third-order valence-corrected chi connectivity index (χ3v) is 6.19. The third kappa shape index (κ3) is 5.70. The minimum atomic E-state index is -0.239. The number of hydrazone groups is 1. The summed E-state index contributed by atoms with van der Waals surface area (Å²) in [5, 5.41) is 13.3. The molecule has 1 amide bonds. The minimum absolute atomic E-state index is 0.140. The van der Waals surface area contributed by atoms with E-state index in [-0.39, 0.29) is 11.7 Å². The van der Waals surface area contributed by atoms with Crippen molar-refractivity contribution in [2.75, 3.05) is 5.75 Å².